The largest absolute Gasteiger partial charge is 0.457 e. The monoisotopic (exact) mass is 327 g/mol. The van der Waals surface area contributed by atoms with E-state index in [0.29, 0.717) is 11.0 Å². The summed E-state index contributed by atoms with van der Waals surface area (Å²) in [5, 5.41) is 3.54. The Hall–Kier alpha value is -2.59. The van der Waals surface area contributed by atoms with Crippen LogP contribution >= 0.6 is 11.6 Å². The van der Waals surface area contributed by atoms with Crippen molar-refractivity contribution in [3.8, 4) is 11.5 Å². The number of aromatic nitrogens is 2. The molecule has 0 aliphatic carbocycles. The Balaban J connectivity index is 0.000000924. The Kier molecular flexibility index (Phi) is 6.39. The van der Waals surface area contributed by atoms with Gasteiger partial charge in [0.25, 0.3) is 0 Å². The van der Waals surface area contributed by atoms with Crippen LogP contribution < -0.4 is 10.1 Å². The van der Waals surface area contributed by atoms with Crippen molar-refractivity contribution >= 4 is 23.1 Å². The van der Waals surface area contributed by atoms with Crippen LogP contribution in [0.15, 0.2) is 67.0 Å². The van der Waals surface area contributed by atoms with Gasteiger partial charge in [-0.3, -0.25) is 0 Å². The lowest BCUT2D eigenvalue weighted by Crippen LogP contribution is -1.94. The van der Waals surface area contributed by atoms with E-state index in [1.54, 1.807) is 6.07 Å². The molecule has 0 saturated carbocycles. The molecule has 3 rings (SSSR count). The summed E-state index contributed by atoms with van der Waals surface area (Å²) in [5.74, 6) is 2.22. The number of para-hydroxylation sites is 1. The van der Waals surface area contributed by atoms with Crippen molar-refractivity contribution in [2.75, 3.05) is 5.32 Å². The predicted octanol–water partition coefficient (Wildman–Crippen LogP) is 5.69. The first kappa shape index (κ1) is 16.8. The number of anilines is 2. The predicted molar refractivity (Wildman–Crippen MR) is 94.6 cm³/mol. The summed E-state index contributed by atoms with van der Waals surface area (Å²) in [7, 11) is 0. The standard InChI is InChI=1S/C16H12ClN3O.C2H6/c17-15-10-16(19-11-18-15)20-12-6-8-14(9-7-12)21-13-4-2-1-3-5-13;1-2/h1-11H,(H,18,19,20);1-2H3. The number of nitrogens with one attached hydrogen (secondary N) is 1. The summed E-state index contributed by atoms with van der Waals surface area (Å²) in [6.07, 6.45) is 1.41. The van der Waals surface area contributed by atoms with E-state index < -0.39 is 0 Å². The van der Waals surface area contributed by atoms with Gasteiger partial charge in [-0.05, 0) is 36.4 Å². The second-order valence-corrected chi connectivity index (χ2v) is 4.68. The van der Waals surface area contributed by atoms with Crippen molar-refractivity contribution in [2.24, 2.45) is 0 Å². The van der Waals surface area contributed by atoms with Gasteiger partial charge >= 0.3 is 0 Å². The molecule has 5 heteroatoms. The number of ether oxygens (including phenoxy) is 1. The van der Waals surface area contributed by atoms with Gasteiger partial charge in [-0.25, -0.2) is 9.97 Å². The second kappa shape index (κ2) is 8.76. The van der Waals surface area contributed by atoms with E-state index in [9.17, 15) is 0 Å². The van der Waals surface area contributed by atoms with E-state index in [4.69, 9.17) is 16.3 Å². The number of hydrogen-bond donors (Lipinski definition) is 1. The Labute approximate surface area is 141 Å². The molecule has 0 saturated heterocycles. The van der Waals surface area contributed by atoms with Crippen LogP contribution in [-0.2, 0) is 0 Å². The smallest absolute Gasteiger partial charge is 0.135 e. The third-order valence-corrected chi connectivity index (χ3v) is 2.95. The molecule has 0 atom stereocenters. The summed E-state index contributed by atoms with van der Waals surface area (Å²) in [6, 6.07) is 18.9. The molecule has 0 aliphatic rings. The molecule has 1 heterocycles. The first-order valence-electron chi connectivity index (χ1n) is 7.37. The van der Waals surface area contributed by atoms with E-state index in [-0.39, 0.29) is 0 Å². The van der Waals surface area contributed by atoms with Crippen molar-refractivity contribution in [3.05, 3.63) is 72.1 Å². The zero-order valence-electron chi connectivity index (χ0n) is 13.0. The van der Waals surface area contributed by atoms with E-state index >= 15 is 0 Å². The summed E-state index contributed by atoms with van der Waals surface area (Å²) >= 11 is 5.82. The topological polar surface area (TPSA) is 47.0 Å². The molecule has 0 radical (unpaired) electrons. The highest BCUT2D eigenvalue weighted by atomic mass is 35.5. The number of rotatable bonds is 4. The number of halogens is 1. The Morgan fingerprint density at radius 3 is 2.17 bits per heavy atom. The fraction of sp³-hybridized carbons (Fsp3) is 0.111. The maximum Gasteiger partial charge on any atom is 0.135 e. The molecule has 0 unspecified atom stereocenters. The van der Waals surface area contributed by atoms with Crippen molar-refractivity contribution in [2.45, 2.75) is 13.8 Å². The molecular weight excluding hydrogens is 310 g/mol. The average Bonchev–Trinajstić information content (AvgIpc) is 2.59. The van der Waals surface area contributed by atoms with Crippen LogP contribution in [-0.4, -0.2) is 9.97 Å². The molecule has 0 fully saturated rings. The highest BCUT2D eigenvalue weighted by Crippen LogP contribution is 2.24. The van der Waals surface area contributed by atoms with Crippen molar-refractivity contribution < 1.29 is 4.74 Å². The highest BCUT2D eigenvalue weighted by molar-refractivity contribution is 6.29. The molecule has 4 nitrogen and oxygen atoms in total. The zero-order valence-corrected chi connectivity index (χ0v) is 13.8. The SMILES string of the molecule is CC.Clc1cc(Nc2ccc(Oc3ccccc3)cc2)ncn1. The van der Waals surface area contributed by atoms with Crippen LogP contribution in [0.4, 0.5) is 11.5 Å². The lowest BCUT2D eigenvalue weighted by Gasteiger charge is -2.08. The third-order valence-electron chi connectivity index (χ3n) is 2.74. The van der Waals surface area contributed by atoms with E-state index in [1.807, 2.05) is 68.4 Å². The van der Waals surface area contributed by atoms with Crippen LogP contribution in [0.25, 0.3) is 0 Å². The molecule has 1 N–H and O–H groups in total. The molecule has 2 aromatic carbocycles. The molecule has 23 heavy (non-hydrogen) atoms. The Morgan fingerprint density at radius 1 is 0.870 bits per heavy atom. The minimum atomic E-state index is 0.400. The number of benzene rings is 2. The summed E-state index contributed by atoms with van der Waals surface area (Å²) in [6.45, 7) is 4.00. The fourth-order valence-electron chi connectivity index (χ4n) is 1.78. The van der Waals surface area contributed by atoms with Gasteiger partial charge in [-0.15, -0.1) is 0 Å². The molecule has 1 aromatic heterocycles. The fourth-order valence-corrected chi connectivity index (χ4v) is 1.93. The van der Waals surface area contributed by atoms with Gasteiger partial charge in [0.05, 0.1) is 0 Å². The van der Waals surface area contributed by atoms with Gasteiger partial charge < -0.3 is 10.1 Å². The van der Waals surface area contributed by atoms with Crippen LogP contribution in [0.2, 0.25) is 5.15 Å². The lowest BCUT2D eigenvalue weighted by atomic mass is 10.3. The molecule has 0 spiro atoms. The zero-order chi connectivity index (χ0) is 16.5. The second-order valence-electron chi connectivity index (χ2n) is 4.29. The minimum absolute atomic E-state index is 0.400. The molecule has 0 amide bonds. The average molecular weight is 328 g/mol. The van der Waals surface area contributed by atoms with Gasteiger partial charge in [-0.1, -0.05) is 43.6 Å². The van der Waals surface area contributed by atoms with Crippen LogP contribution in [0.3, 0.4) is 0 Å². The van der Waals surface area contributed by atoms with Crippen LogP contribution in [0.1, 0.15) is 13.8 Å². The molecule has 118 valence electrons. The Morgan fingerprint density at radius 2 is 1.52 bits per heavy atom. The van der Waals surface area contributed by atoms with Crippen molar-refractivity contribution in [3.63, 3.8) is 0 Å². The summed E-state index contributed by atoms with van der Waals surface area (Å²) < 4.78 is 5.73. The summed E-state index contributed by atoms with van der Waals surface area (Å²) in [4.78, 5) is 7.92. The highest BCUT2D eigenvalue weighted by Gasteiger charge is 2.00. The quantitative estimate of drug-likeness (QED) is 0.625. The first-order valence-corrected chi connectivity index (χ1v) is 7.75. The van der Waals surface area contributed by atoms with Gasteiger partial charge in [0.15, 0.2) is 0 Å². The van der Waals surface area contributed by atoms with Gasteiger partial charge in [0, 0.05) is 11.8 Å². The van der Waals surface area contributed by atoms with E-state index in [2.05, 4.69) is 15.3 Å². The minimum Gasteiger partial charge on any atom is -0.457 e. The normalized spacial score (nSPS) is 9.52. The maximum atomic E-state index is 5.82. The maximum absolute atomic E-state index is 5.82. The molecule has 0 aliphatic heterocycles. The summed E-state index contributed by atoms with van der Waals surface area (Å²) in [5.41, 5.74) is 0.894. The first-order chi connectivity index (χ1) is 11.3. The van der Waals surface area contributed by atoms with Crippen LogP contribution in [0, 0.1) is 0 Å². The van der Waals surface area contributed by atoms with Gasteiger partial charge in [0.1, 0.15) is 28.8 Å². The Bertz CT molecular complexity index is 718. The van der Waals surface area contributed by atoms with Crippen molar-refractivity contribution in [1.82, 2.24) is 9.97 Å². The third kappa shape index (κ3) is 5.27. The van der Waals surface area contributed by atoms with Gasteiger partial charge in [-0.2, -0.15) is 0 Å². The molecule has 0 bridgehead atoms. The van der Waals surface area contributed by atoms with E-state index in [1.165, 1.54) is 6.33 Å². The van der Waals surface area contributed by atoms with Crippen LogP contribution in [0.5, 0.6) is 11.5 Å². The number of nitrogens with zero attached hydrogens (tertiary/aromatic N) is 2. The molecular formula is C18H18ClN3O. The lowest BCUT2D eigenvalue weighted by molar-refractivity contribution is 0.483. The van der Waals surface area contributed by atoms with E-state index in [0.717, 1.165) is 17.2 Å². The van der Waals surface area contributed by atoms with Crippen molar-refractivity contribution in [1.29, 1.82) is 0 Å². The van der Waals surface area contributed by atoms with Gasteiger partial charge in [0.2, 0.25) is 0 Å². The molecule has 3 aromatic rings. The number of hydrogen-bond acceptors (Lipinski definition) is 4.